The molecular formula is C24H21NO2. The zero-order valence-corrected chi connectivity index (χ0v) is 15.4. The van der Waals surface area contributed by atoms with E-state index in [2.05, 4.69) is 4.98 Å². The van der Waals surface area contributed by atoms with Gasteiger partial charge in [0.25, 0.3) is 0 Å². The molecule has 3 aromatic rings. The smallest absolute Gasteiger partial charge is 0.171 e. The monoisotopic (exact) mass is 355 g/mol. The number of pyridine rings is 1. The molecule has 1 unspecified atom stereocenters. The van der Waals surface area contributed by atoms with Gasteiger partial charge in [-0.2, -0.15) is 0 Å². The zero-order valence-electron chi connectivity index (χ0n) is 15.4. The number of hydrogen-bond donors (Lipinski definition) is 1. The van der Waals surface area contributed by atoms with Gasteiger partial charge in [0.05, 0.1) is 0 Å². The fourth-order valence-corrected chi connectivity index (χ4v) is 3.71. The van der Waals surface area contributed by atoms with Crippen LogP contribution in [0.15, 0.2) is 60.8 Å². The Hall–Kier alpha value is -3.20. The minimum absolute atomic E-state index is 0.0660. The summed E-state index contributed by atoms with van der Waals surface area (Å²) in [7, 11) is 0. The molecule has 0 saturated heterocycles. The molecule has 0 bridgehead atoms. The maximum Gasteiger partial charge on any atom is 0.171 e. The summed E-state index contributed by atoms with van der Waals surface area (Å²) >= 11 is 0. The van der Waals surface area contributed by atoms with Crippen molar-refractivity contribution in [3.8, 4) is 16.9 Å². The van der Waals surface area contributed by atoms with E-state index in [1.807, 2.05) is 68.5 Å². The summed E-state index contributed by atoms with van der Waals surface area (Å²) < 4.78 is 0. The summed E-state index contributed by atoms with van der Waals surface area (Å²) in [4.78, 5) is 17.4. The molecule has 0 aliphatic heterocycles. The Bertz CT molecular complexity index is 1050. The highest BCUT2D eigenvalue weighted by atomic mass is 16.3. The van der Waals surface area contributed by atoms with E-state index in [4.69, 9.17) is 0 Å². The summed E-state index contributed by atoms with van der Waals surface area (Å²) in [5, 5.41) is 10.7. The summed E-state index contributed by atoms with van der Waals surface area (Å²) in [6, 6.07) is 17.4. The number of aromatic hydroxyl groups is 1. The van der Waals surface area contributed by atoms with Gasteiger partial charge in [-0.1, -0.05) is 43.3 Å². The van der Waals surface area contributed by atoms with Crippen LogP contribution in [0.1, 0.15) is 41.6 Å². The second-order valence-electron chi connectivity index (χ2n) is 6.93. The van der Waals surface area contributed by atoms with Crippen molar-refractivity contribution in [3.05, 3.63) is 83.2 Å². The zero-order chi connectivity index (χ0) is 19.0. The van der Waals surface area contributed by atoms with Gasteiger partial charge in [-0.15, -0.1) is 0 Å². The second-order valence-corrected chi connectivity index (χ2v) is 6.93. The number of rotatable bonds is 3. The first-order chi connectivity index (χ1) is 13.1. The lowest BCUT2D eigenvalue weighted by atomic mass is 9.78. The van der Waals surface area contributed by atoms with E-state index in [0.717, 1.165) is 34.4 Å². The van der Waals surface area contributed by atoms with Gasteiger partial charge in [-0.25, -0.2) is 0 Å². The van der Waals surface area contributed by atoms with Crippen LogP contribution < -0.4 is 0 Å². The first-order valence-corrected chi connectivity index (χ1v) is 9.19. The summed E-state index contributed by atoms with van der Waals surface area (Å²) in [5.41, 5.74) is 6.02. The number of allylic oxidation sites excluding steroid dienone is 1. The van der Waals surface area contributed by atoms with Gasteiger partial charge in [0, 0.05) is 34.5 Å². The van der Waals surface area contributed by atoms with Crippen molar-refractivity contribution in [3.63, 3.8) is 0 Å². The van der Waals surface area contributed by atoms with Crippen LogP contribution in [-0.2, 0) is 4.79 Å². The van der Waals surface area contributed by atoms with Gasteiger partial charge in [0.15, 0.2) is 5.78 Å². The Labute approximate surface area is 159 Å². The van der Waals surface area contributed by atoms with Crippen molar-refractivity contribution in [1.82, 2.24) is 4.98 Å². The number of carbonyl (C=O) groups is 1. The minimum atomic E-state index is -0.165. The van der Waals surface area contributed by atoms with Crippen molar-refractivity contribution in [2.45, 2.75) is 26.2 Å². The fourth-order valence-electron chi connectivity index (χ4n) is 3.71. The second kappa shape index (κ2) is 6.84. The number of aromatic nitrogens is 1. The molecule has 134 valence electrons. The van der Waals surface area contributed by atoms with Gasteiger partial charge in [0.2, 0.25) is 0 Å². The van der Waals surface area contributed by atoms with E-state index < -0.39 is 0 Å². The third kappa shape index (κ3) is 3.06. The molecule has 2 aromatic carbocycles. The van der Waals surface area contributed by atoms with Gasteiger partial charge < -0.3 is 5.11 Å². The number of phenolic OH excluding ortho intramolecular Hbond substituents is 1. The number of carbonyl (C=O) groups excluding carboxylic acids is 1. The van der Waals surface area contributed by atoms with E-state index in [1.54, 1.807) is 12.3 Å². The Morgan fingerprint density at radius 2 is 1.81 bits per heavy atom. The molecule has 3 heteroatoms. The van der Waals surface area contributed by atoms with E-state index in [0.29, 0.717) is 11.1 Å². The van der Waals surface area contributed by atoms with E-state index in [-0.39, 0.29) is 17.5 Å². The fraction of sp³-hybridized carbons (Fsp3) is 0.167. The molecule has 1 aromatic heterocycles. The van der Waals surface area contributed by atoms with Gasteiger partial charge in [-0.05, 0) is 54.3 Å². The Balaban J connectivity index is 1.78. The quantitative estimate of drug-likeness (QED) is 0.686. The topological polar surface area (TPSA) is 50.2 Å². The van der Waals surface area contributed by atoms with Gasteiger partial charge >= 0.3 is 0 Å². The molecule has 0 radical (unpaired) electrons. The summed E-state index contributed by atoms with van der Waals surface area (Å²) in [6.07, 6.45) is 4.42. The molecule has 0 fully saturated rings. The molecule has 1 N–H and O–H groups in total. The highest BCUT2D eigenvalue weighted by Crippen LogP contribution is 2.40. The number of fused-ring (bicyclic) bond motifs is 1. The molecule has 27 heavy (non-hydrogen) atoms. The Morgan fingerprint density at radius 1 is 1.04 bits per heavy atom. The number of nitrogens with zero attached hydrogens (tertiary/aromatic N) is 1. The first kappa shape index (κ1) is 17.2. The highest BCUT2D eigenvalue weighted by molar-refractivity contribution is 6.30. The lowest BCUT2D eigenvalue weighted by Crippen LogP contribution is -2.18. The van der Waals surface area contributed by atoms with Crippen LogP contribution in [-0.4, -0.2) is 15.9 Å². The molecular weight excluding hydrogens is 334 g/mol. The highest BCUT2D eigenvalue weighted by Gasteiger charge is 2.30. The number of benzene rings is 2. The van der Waals surface area contributed by atoms with E-state index in [1.165, 1.54) is 0 Å². The van der Waals surface area contributed by atoms with E-state index >= 15 is 0 Å². The number of phenols is 1. The predicted octanol–water partition coefficient (Wildman–Crippen LogP) is 5.38. The lowest BCUT2D eigenvalue weighted by molar-refractivity contribution is -0.115. The number of hydrogen-bond acceptors (Lipinski definition) is 3. The number of ketones is 1. The normalized spacial score (nSPS) is 16.0. The molecule has 3 nitrogen and oxygen atoms in total. The van der Waals surface area contributed by atoms with Crippen LogP contribution in [0.25, 0.3) is 22.8 Å². The van der Waals surface area contributed by atoms with Gasteiger partial charge in [-0.3, -0.25) is 9.78 Å². The molecule has 1 heterocycles. The van der Waals surface area contributed by atoms with Crippen molar-refractivity contribution in [2.24, 2.45) is 0 Å². The largest absolute Gasteiger partial charge is 0.507 e. The van der Waals surface area contributed by atoms with Crippen LogP contribution in [0.3, 0.4) is 0 Å². The molecule has 1 atom stereocenters. The van der Waals surface area contributed by atoms with Crippen molar-refractivity contribution in [1.29, 1.82) is 0 Å². The molecule has 0 spiro atoms. The third-order valence-electron chi connectivity index (χ3n) is 5.19. The SMILES string of the molecule is CCC1C(=O)C(c2ccc(-c3ccc(C)nc3)cc2O)=Cc2ccccc21. The Morgan fingerprint density at radius 3 is 2.52 bits per heavy atom. The van der Waals surface area contributed by atoms with Crippen molar-refractivity contribution >= 4 is 17.4 Å². The van der Waals surface area contributed by atoms with Crippen LogP contribution >= 0.6 is 0 Å². The van der Waals surface area contributed by atoms with Crippen molar-refractivity contribution < 1.29 is 9.90 Å². The molecule has 4 rings (SSSR count). The number of aryl methyl sites for hydroxylation is 1. The molecule has 1 aliphatic carbocycles. The molecule has 0 saturated carbocycles. The summed E-state index contributed by atoms with van der Waals surface area (Å²) in [5.74, 6) is 0.0136. The third-order valence-corrected chi connectivity index (χ3v) is 5.19. The lowest BCUT2D eigenvalue weighted by Gasteiger charge is -2.24. The molecule has 0 amide bonds. The van der Waals surface area contributed by atoms with Crippen LogP contribution in [0.4, 0.5) is 0 Å². The minimum Gasteiger partial charge on any atom is -0.507 e. The van der Waals surface area contributed by atoms with Gasteiger partial charge in [0.1, 0.15) is 5.75 Å². The first-order valence-electron chi connectivity index (χ1n) is 9.19. The number of Topliss-reactive ketones (excluding diaryl/α,β-unsaturated/α-hetero) is 1. The van der Waals surface area contributed by atoms with Crippen molar-refractivity contribution in [2.75, 3.05) is 0 Å². The maximum atomic E-state index is 13.1. The molecule has 1 aliphatic rings. The van der Waals surface area contributed by atoms with Crippen LogP contribution in [0, 0.1) is 6.92 Å². The van der Waals surface area contributed by atoms with Crippen LogP contribution in [0.5, 0.6) is 5.75 Å². The van der Waals surface area contributed by atoms with Crippen LogP contribution in [0.2, 0.25) is 0 Å². The average Bonchev–Trinajstić information content (AvgIpc) is 2.68. The van der Waals surface area contributed by atoms with E-state index in [9.17, 15) is 9.90 Å². The standard InChI is InChI=1S/C24H21NO2/c1-3-19-20-7-5-4-6-17(20)12-22(24(19)27)21-11-10-16(13-23(21)26)18-9-8-15(2)25-14-18/h4-14,19,26H,3H2,1-2H3. The maximum absolute atomic E-state index is 13.1. The Kier molecular flexibility index (Phi) is 4.36. The summed E-state index contributed by atoms with van der Waals surface area (Å²) in [6.45, 7) is 3.96. The predicted molar refractivity (Wildman–Crippen MR) is 108 cm³/mol. The average molecular weight is 355 g/mol.